The van der Waals surface area contributed by atoms with Gasteiger partial charge in [-0.3, -0.25) is 9.69 Å². The predicted molar refractivity (Wildman–Crippen MR) is 68.1 cm³/mol. The number of hydrogen-bond acceptors (Lipinski definition) is 5. The lowest BCUT2D eigenvalue weighted by Crippen LogP contribution is -2.49. The van der Waals surface area contributed by atoms with Gasteiger partial charge in [0.25, 0.3) is 5.91 Å². The van der Waals surface area contributed by atoms with Crippen LogP contribution in [0.15, 0.2) is 18.3 Å². The molecule has 1 aromatic rings. The molecule has 3 N–H and O–H groups in total. The molecule has 0 unspecified atom stereocenters. The van der Waals surface area contributed by atoms with Crippen LogP contribution in [0.25, 0.3) is 0 Å². The third-order valence-electron chi connectivity index (χ3n) is 3.14. The number of nitrogens with zero attached hydrogens (tertiary/aromatic N) is 3. The zero-order chi connectivity index (χ0) is 13.0. The topological polar surface area (TPSA) is 82.7 Å². The summed E-state index contributed by atoms with van der Waals surface area (Å²) in [7, 11) is 0. The Bertz CT molecular complexity index is 416. The van der Waals surface area contributed by atoms with Gasteiger partial charge in [0, 0.05) is 38.9 Å². The molecule has 0 aromatic carbocycles. The molecule has 0 atom stereocenters. The SMILES string of the molecule is Nc1ncccc1C(=O)N1CCN(CCO)CC1. The van der Waals surface area contributed by atoms with E-state index in [2.05, 4.69) is 9.88 Å². The molecule has 6 heteroatoms. The van der Waals surface area contributed by atoms with Gasteiger partial charge < -0.3 is 15.7 Å². The molecule has 1 saturated heterocycles. The molecule has 0 saturated carbocycles. The highest BCUT2D eigenvalue weighted by atomic mass is 16.3. The van der Waals surface area contributed by atoms with Gasteiger partial charge >= 0.3 is 0 Å². The highest BCUT2D eigenvalue weighted by Gasteiger charge is 2.23. The number of nitrogen functional groups attached to an aromatic ring is 1. The van der Waals surface area contributed by atoms with E-state index in [4.69, 9.17) is 10.8 Å². The second-order valence-corrected chi connectivity index (χ2v) is 4.29. The molecule has 1 fully saturated rings. The summed E-state index contributed by atoms with van der Waals surface area (Å²) in [6, 6.07) is 3.41. The van der Waals surface area contributed by atoms with E-state index in [1.807, 2.05) is 0 Å². The maximum atomic E-state index is 12.2. The summed E-state index contributed by atoms with van der Waals surface area (Å²) >= 11 is 0. The Labute approximate surface area is 106 Å². The molecule has 1 aliphatic rings. The van der Waals surface area contributed by atoms with E-state index in [1.54, 1.807) is 23.2 Å². The number of aliphatic hydroxyl groups excluding tert-OH is 1. The van der Waals surface area contributed by atoms with Crippen LogP contribution in [0.4, 0.5) is 5.82 Å². The average Bonchev–Trinajstić information content (AvgIpc) is 2.40. The van der Waals surface area contributed by atoms with Crippen molar-refractivity contribution in [2.45, 2.75) is 0 Å². The summed E-state index contributed by atoms with van der Waals surface area (Å²) in [4.78, 5) is 20.1. The number of carbonyl (C=O) groups is 1. The van der Waals surface area contributed by atoms with Crippen LogP contribution >= 0.6 is 0 Å². The number of pyridine rings is 1. The molecular formula is C12H18N4O2. The lowest BCUT2D eigenvalue weighted by molar-refractivity contribution is 0.0615. The van der Waals surface area contributed by atoms with Crippen molar-refractivity contribution < 1.29 is 9.90 Å². The first kappa shape index (κ1) is 12.8. The Hall–Kier alpha value is -1.66. The van der Waals surface area contributed by atoms with Gasteiger partial charge in [0.05, 0.1) is 12.2 Å². The maximum Gasteiger partial charge on any atom is 0.257 e. The summed E-state index contributed by atoms with van der Waals surface area (Å²) in [5.41, 5.74) is 6.17. The summed E-state index contributed by atoms with van der Waals surface area (Å²) in [6.45, 7) is 3.71. The van der Waals surface area contributed by atoms with Gasteiger partial charge in [0.1, 0.15) is 5.82 Å². The minimum Gasteiger partial charge on any atom is -0.395 e. The number of amides is 1. The van der Waals surface area contributed by atoms with E-state index in [9.17, 15) is 4.79 Å². The van der Waals surface area contributed by atoms with Crippen molar-refractivity contribution >= 4 is 11.7 Å². The van der Waals surface area contributed by atoms with Crippen LogP contribution in [0.5, 0.6) is 0 Å². The fourth-order valence-corrected chi connectivity index (χ4v) is 2.08. The number of hydrogen-bond donors (Lipinski definition) is 2. The van der Waals surface area contributed by atoms with E-state index in [0.717, 1.165) is 13.1 Å². The quantitative estimate of drug-likeness (QED) is 0.749. The van der Waals surface area contributed by atoms with Crippen LogP contribution in [-0.4, -0.2) is 65.1 Å². The van der Waals surface area contributed by atoms with Crippen LogP contribution in [0.2, 0.25) is 0 Å². The van der Waals surface area contributed by atoms with E-state index in [-0.39, 0.29) is 18.3 Å². The summed E-state index contributed by atoms with van der Waals surface area (Å²) in [5, 5.41) is 8.86. The largest absolute Gasteiger partial charge is 0.395 e. The predicted octanol–water partition coefficient (Wildman–Crippen LogP) is -0.586. The van der Waals surface area contributed by atoms with Crippen molar-refractivity contribution in [3.8, 4) is 0 Å². The smallest absolute Gasteiger partial charge is 0.257 e. The fraction of sp³-hybridized carbons (Fsp3) is 0.500. The van der Waals surface area contributed by atoms with E-state index < -0.39 is 0 Å². The number of aromatic nitrogens is 1. The molecule has 1 aromatic heterocycles. The van der Waals surface area contributed by atoms with E-state index >= 15 is 0 Å². The second-order valence-electron chi connectivity index (χ2n) is 4.29. The number of piperazine rings is 1. The molecule has 98 valence electrons. The molecule has 0 aliphatic carbocycles. The van der Waals surface area contributed by atoms with Crippen molar-refractivity contribution in [2.75, 3.05) is 45.1 Å². The van der Waals surface area contributed by atoms with E-state index in [0.29, 0.717) is 25.2 Å². The normalized spacial score (nSPS) is 16.8. The standard InChI is InChI=1S/C12H18N4O2/c13-11-10(2-1-3-14-11)12(18)16-6-4-15(5-7-16)8-9-17/h1-3,17H,4-9H2,(H2,13,14). The van der Waals surface area contributed by atoms with Crippen molar-refractivity contribution in [3.63, 3.8) is 0 Å². The molecule has 0 bridgehead atoms. The van der Waals surface area contributed by atoms with Crippen molar-refractivity contribution in [2.24, 2.45) is 0 Å². The Balaban J connectivity index is 1.98. The Morgan fingerprint density at radius 3 is 2.72 bits per heavy atom. The molecular weight excluding hydrogens is 232 g/mol. The Kier molecular flexibility index (Phi) is 4.11. The highest BCUT2D eigenvalue weighted by Crippen LogP contribution is 2.12. The van der Waals surface area contributed by atoms with Gasteiger partial charge in [-0.2, -0.15) is 0 Å². The minimum atomic E-state index is -0.0655. The maximum absolute atomic E-state index is 12.2. The molecule has 0 radical (unpaired) electrons. The summed E-state index contributed by atoms with van der Waals surface area (Å²) in [6.07, 6.45) is 1.57. The summed E-state index contributed by atoms with van der Waals surface area (Å²) < 4.78 is 0. The zero-order valence-electron chi connectivity index (χ0n) is 10.2. The Morgan fingerprint density at radius 1 is 1.39 bits per heavy atom. The van der Waals surface area contributed by atoms with Crippen molar-refractivity contribution in [1.29, 1.82) is 0 Å². The molecule has 1 aliphatic heterocycles. The molecule has 2 rings (SSSR count). The minimum absolute atomic E-state index is 0.0655. The number of carbonyl (C=O) groups excluding carboxylic acids is 1. The van der Waals surface area contributed by atoms with Crippen molar-refractivity contribution in [3.05, 3.63) is 23.9 Å². The van der Waals surface area contributed by atoms with Gasteiger partial charge in [-0.05, 0) is 12.1 Å². The van der Waals surface area contributed by atoms with Crippen LogP contribution in [0, 0.1) is 0 Å². The lowest BCUT2D eigenvalue weighted by atomic mass is 10.2. The molecule has 6 nitrogen and oxygen atoms in total. The van der Waals surface area contributed by atoms with Crippen LogP contribution in [-0.2, 0) is 0 Å². The lowest BCUT2D eigenvalue weighted by Gasteiger charge is -2.34. The molecule has 18 heavy (non-hydrogen) atoms. The fourth-order valence-electron chi connectivity index (χ4n) is 2.08. The first-order valence-corrected chi connectivity index (χ1v) is 6.05. The first-order valence-electron chi connectivity index (χ1n) is 6.05. The Morgan fingerprint density at radius 2 is 2.11 bits per heavy atom. The molecule has 2 heterocycles. The van der Waals surface area contributed by atoms with Crippen LogP contribution in [0.3, 0.4) is 0 Å². The molecule has 0 spiro atoms. The van der Waals surface area contributed by atoms with Crippen molar-refractivity contribution in [1.82, 2.24) is 14.8 Å². The molecule has 1 amide bonds. The van der Waals surface area contributed by atoms with Crippen LogP contribution < -0.4 is 5.73 Å². The van der Waals surface area contributed by atoms with Crippen LogP contribution in [0.1, 0.15) is 10.4 Å². The highest BCUT2D eigenvalue weighted by molar-refractivity contribution is 5.98. The van der Waals surface area contributed by atoms with E-state index in [1.165, 1.54) is 0 Å². The van der Waals surface area contributed by atoms with Gasteiger partial charge in [-0.1, -0.05) is 0 Å². The first-order chi connectivity index (χ1) is 8.72. The number of rotatable bonds is 3. The van der Waals surface area contributed by atoms with Gasteiger partial charge in [0.2, 0.25) is 0 Å². The van der Waals surface area contributed by atoms with Gasteiger partial charge in [0.15, 0.2) is 0 Å². The average molecular weight is 250 g/mol. The number of anilines is 1. The third-order valence-corrected chi connectivity index (χ3v) is 3.14. The zero-order valence-corrected chi connectivity index (χ0v) is 10.2. The van der Waals surface area contributed by atoms with Gasteiger partial charge in [-0.15, -0.1) is 0 Å². The third kappa shape index (κ3) is 2.77. The summed E-state index contributed by atoms with van der Waals surface area (Å²) in [5.74, 6) is 0.213. The number of β-amino-alcohol motifs (C(OH)–C–C–N with tert-alkyl or cyclic N) is 1. The number of aliphatic hydroxyl groups is 1. The van der Waals surface area contributed by atoms with Gasteiger partial charge in [-0.25, -0.2) is 4.98 Å². The monoisotopic (exact) mass is 250 g/mol. The second kappa shape index (κ2) is 5.79. The number of nitrogens with two attached hydrogens (primary N) is 1.